The number of likely N-dealkylation sites (tertiary alicyclic amines) is 1. The molecule has 1 aliphatic rings. The van der Waals surface area contributed by atoms with Crippen molar-refractivity contribution in [3.8, 4) is 0 Å². The van der Waals surface area contributed by atoms with Crippen LogP contribution >= 0.6 is 0 Å². The Morgan fingerprint density at radius 1 is 1.00 bits per heavy atom. The van der Waals surface area contributed by atoms with Crippen LogP contribution in [0.1, 0.15) is 37.0 Å². The van der Waals surface area contributed by atoms with Gasteiger partial charge >= 0.3 is 0 Å². The van der Waals surface area contributed by atoms with Crippen molar-refractivity contribution in [1.82, 2.24) is 9.88 Å². The van der Waals surface area contributed by atoms with Gasteiger partial charge in [0.05, 0.1) is 27.6 Å². The summed E-state index contributed by atoms with van der Waals surface area (Å²) in [5.41, 5.74) is 2.25. The van der Waals surface area contributed by atoms with Gasteiger partial charge in [-0.1, -0.05) is 50.2 Å². The molecule has 29 heavy (non-hydrogen) atoms. The molecule has 1 aromatic heterocycles. The van der Waals surface area contributed by atoms with Crippen LogP contribution in [0.15, 0.2) is 48.5 Å². The normalized spacial score (nSPS) is 16.0. The Hall–Kier alpha value is -2.47. The summed E-state index contributed by atoms with van der Waals surface area (Å²) >= 11 is 0. The van der Waals surface area contributed by atoms with Crippen molar-refractivity contribution in [2.45, 2.75) is 31.9 Å². The van der Waals surface area contributed by atoms with E-state index < -0.39 is 9.84 Å². The summed E-state index contributed by atoms with van der Waals surface area (Å²) in [7, 11) is -3.11. The molecule has 3 aromatic rings. The van der Waals surface area contributed by atoms with Crippen LogP contribution in [-0.4, -0.2) is 48.3 Å². The highest BCUT2D eigenvalue weighted by molar-refractivity contribution is 7.92. The third-order valence-corrected chi connectivity index (χ3v) is 8.22. The topological polar surface area (TPSA) is 67.3 Å². The molecule has 0 atom stereocenters. The molecule has 1 saturated heterocycles. The van der Waals surface area contributed by atoms with Crippen LogP contribution in [0.5, 0.6) is 0 Å². The van der Waals surface area contributed by atoms with E-state index in [0.717, 1.165) is 21.8 Å². The van der Waals surface area contributed by atoms with Gasteiger partial charge in [0, 0.05) is 23.9 Å². The Balaban J connectivity index is 1.65. The standard InChI is InChI=1S/C23H26N2O3S/c1-16(2)15-29(27,28)17-11-13-25(14-12-17)23(26)22-18-7-3-5-9-20(18)24-21-10-6-4-8-19(21)22/h3-10,16-17H,11-15H2,1-2H3. The van der Waals surface area contributed by atoms with E-state index in [2.05, 4.69) is 4.98 Å². The van der Waals surface area contributed by atoms with E-state index in [1.54, 1.807) is 4.90 Å². The minimum atomic E-state index is -3.11. The van der Waals surface area contributed by atoms with E-state index in [-0.39, 0.29) is 22.8 Å². The van der Waals surface area contributed by atoms with Gasteiger partial charge in [0.15, 0.2) is 9.84 Å². The fourth-order valence-electron chi connectivity index (χ4n) is 4.25. The average molecular weight is 411 g/mol. The number of nitrogens with zero attached hydrogens (tertiary/aromatic N) is 2. The molecule has 1 amide bonds. The summed E-state index contributed by atoms with van der Waals surface area (Å²) in [6.07, 6.45) is 1.00. The SMILES string of the molecule is CC(C)CS(=O)(=O)C1CCN(C(=O)c2c3ccccc3nc3ccccc23)CC1. The predicted molar refractivity (Wildman–Crippen MR) is 117 cm³/mol. The molecule has 1 fully saturated rings. The monoisotopic (exact) mass is 410 g/mol. The number of hydrogen-bond acceptors (Lipinski definition) is 4. The second-order valence-electron chi connectivity index (χ2n) is 8.24. The Bertz CT molecular complexity index is 1110. The molecule has 0 radical (unpaired) electrons. The molecular formula is C23H26N2O3S. The highest BCUT2D eigenvalue weighted by atomic mass is 32.2. The quantitative estimate of drug-likeness (QED) is 0.608. The first-order chi connectivity index (χ1) is 13.9. The molecule has 0 unspecified atom stereocenters. The van der Waals surface area contributed by atoms with Gasteiger partial charge in [-0.15, -0.1) is 0 Å². The molecule has 0 spiro atoms. The van der Waals surface area contributed by atoms with Gasteiger partial charge in [-0.3, -0.25) is 4.79 Å². The number of fused-ring (bicyclic) bond motifs is 2. The molecule has 0 aliphatic carbocycles. The second-order valence-corrected chi connectivity index (χ2v) is 10.6. The first kappa shape index (κ1) is 19.8. The number of amides is 1. The Morgan fingerprint density at radius 3 is 2.03 bits per heavy atom. The molecule has 5 nitrogen and oxygen atoms in total. The lowest BCUT2D eigenvalue weighted by Gasteiger charge is -2.32. The third-order valence-electron chi connectivity index (χ3n) is 5.60. The Labute approximate surface area is 171 Å². The zero-order valence-electron chi connectivity index (χ0n) is 16.8. The highest BCUT2D eigenvalue weighted by Crippen LogP contribution is 2.29. The van der Waals surface area contributed by atoms with Crippen LogP contribution < -0.4 is 0 Å². The molecule has 2 aromatic carbocycles. The molecule has 152 valence electrons. The Kier molecular flexibility index (Phi) is 5.30. The van der Waals surface area contributed by atoms with E-state index in [1.165, 1.54) is 0 Å². The van der Waals surface area contributed by atoms with Crippen molar-refractivity contribution in [3.05, 3.63) is 54.1 Å². The molecule has 6 heteroatoms. The molecule has 1 aliphatic heterocycles. The summed E-state index contributed by atoms with van der Waals surface area (Å²) < 4.78 is 25.2. The first-order valence-electron chi connectivity index (χ1n) is 10.1. The smallest absolute Gasteiger partial charge is 0.255 e. The summed E-state index contributed by atoms with van der Waals surface area (Å²) in [6.45, 7) is 4.78. The van der Waals surface area contributed by atoms with Crippen LogP contribution in [0.4, 0.5) is 0 Å². The Morgan fingerprint density at radius 2 is 1.52 bits per heavy atom. The second kappa shape index (κ2) is 7.75. The van der Waals surface area contributed by atoms with E-state index in [9.17, 15) is 13.2 Å². The predicted octanol–water partition coefficient (Wildman–Crippen LogP) is 4.06. The maximum absolute atomic E-state index is 13.5. The fraction of sp³-hybridized carbons (Fsp3) is 0.391. The van der Waals surface area contributed by atoms with E-state index >= 15 is 0 Å². The van der Waals surface area contributed by atoms with Crippen LogP contribution in [0, 0.1) is 5.92 Å². The number of carbonyl (C=O) groups excluding carboxylic acids is 1. The lowest BCUT2D eigenvalue weighted by atomic mass is 10.00. The number of para-hydroxylation sites is 2. The van der Waals surface area contributed by atoms with Crippen LogP contribution in [0.25, 0.3) is 21.8 Å². The minimum Gasteiger partial charge on any atom is -0.339 e. The van der Waals surface area contributed by atoms with Crippen LogP contribution in [0.3, 0.4) is 0 Å². The van der Waals surface area contributed by atoms with Crippen molar-refractivity contribution >= 4 is 37.6 Å². The highest BCUT2D eigenvalue weighted by Gasteiger charge is 2.33. The number of carbonyl (C=O) groups is 1. The average Bonchev–Trinajstić information content (AvgIpc) is 2.70. The molecule has 0 saturated carbocycles. The number of rotatable bonds is 4. The lowest BCUT2D eigenvalue weighted by molar-refractivity contribution is 0.0729. The van der Waals surface area contributed by atoms with Crippen molar-refractivity contribution < 1.29 is 13.2 Å². The molecule has 2 heterocycles. The summed E-state index contributed by atoms with van der Waals surface area (Å²) in [4.78, 5) is 20.0. The first-order valence-corrected chi connectivity index (χ1v) is 11.9. The maximum atomic E-state index is 13.5. The molecule has 4 rings (SSSR count). The molecule has 0 N–H and O–H groups in total. The van der Waals surface area contributed by atoms with E-state index in [4.69, 9.17) is 0 Å². The molecule has 0 bridgehead atoms. The fourth-order valence-corrected chi connectivity index (χ4v) is 6.38. The minimum absolute atomic E-state index is 0.0421. The van der Waals surface area contributed by atoms with Crippen LogP contribution in [0.2, 0.25) is 0 Å². The molecular weight excluding hydrogens is 384 g/mol. The number of aromatic nitrogens is 1. The summed E-state index contributed by atoms with van der Waals surface area (Å²) in [6, 6.07) is 15.4. The number of benzene rings is 2. The van der Waals surface area contributed by atoms with Gasteiger partial charge in [0.2, 0.25) is 0 Å². The van der Waals surface area contributed by atoms with Gasteiger partial charge in [-0.25, -0.2) is 13.4 Å². The number of pyridine rings is 1. The lowest BCUT2D eigenvalue weighted by Crippen LogP contribution is -2.43. The maximum Gasteiger partial charge on any atom is 0.255 e. The van der Waals surface area contributed by atoms with Crippen molar-refractivity contribution in [1.29, 1.82) is 0 Å². The van der Waals surface area contributed by atoms with Crippen LogP contribution in [-0.2, 0) is 9.84 Å². The number of hydrogen-bond donors (Lipinski definition) is 0. The van der Waals surface area contributed by atoms with E-state index in [1.807, 2.05) is 62.4 Å². The van der Waals surface area contributed by atoms with E-state index in [0.29, 0.717) is 31.5 Å². The zero-order valence-corrected chi connectivity index (χ0v) is 17.7. The number of sulfone groups is 1. The van der Waals surface area contributed by atoms with Crippen molar-refractivity contribution in [2.24, 2.45) is 5.92 Å². The van der Waals surface area contributed by atoms with Gasteiger partial charge in [0.25, 0.3) is 5.91 Å². The van der Waals surface area contributed by atoms with Gasteiger partial charge in [0.1, 0.15) is 0 Å². The largest absolute Gasteiger partial charge is 0.339 e. The zero-order chi connectivity index (χ0) is 20.6. The van der Waals surface area contributed by atoms with Gasteiger partial charge in [-0.2, -0.15) is 0 Å². The van der Waals surface area contributed by atoms with Gasteiger partial charge < -0.3 is 4.90 Å². The summed E-state index contributed by atoms with van der Waals surface area (Å²) in [5.74, 6) is 0.291. The van der Waals surface area contributed by atoms with Gasteiger partial charge in [-0.05, 0) is 30.9 Å². The van der Waals surface area contributed by atoms with Crippen molar-refractivity contribution in [2.75, 3.05) is 18.8 Å². The van der Waals surface area contributed by atoms with Crippen molar-refractivity contribution in [3.63, 3.8) is 0 Å². The summed E-state index contributed by atoms with van der Waals surface area (Å²) in [5, 5.41) is 1.33. The number of piperidine rings is 1. The third kappa shape index (κ3) is 3.86.